The molecular formula is C17H33N2+. The van der Waals surface area contributed by atoms with E-state index in [1.807, 2.05) is 0 Å². The van der Waals surface area contributed by atoms with Crippen LogP contribution in [0.1, 0.15) is 78.0 Å². The van der Waals surface area contributed by atoms with E-state index < -0.39 is 0 Å². The van der Waals surface area contributed by atoms with Crippen molar-refractivity contribution >= 4 is 0 Å². The predicted molar refractivity (Wildman–Crippen MR) is 82.3 cm³/mol. The molecule has 2 nitrogen and oxygen atoms in total. The number of aryl methyl sites for hydroxylation is 2. The van der Waals surface area contributed by atoms with Crippen LogP contribution in [0.3, 0.4) is 0 Å². The molecule has 1 aromatic rings. The summed E-state index contributed by atoms with van der Waals surface area (Å²) in [6.07, 6.45) is 16.5. The van der Waals surface area contributed by atoms with Gasteiger partial charge in [0, 0.05) is 6.42 Å². The Kier molecular flexibility index (Phi) is 8.61. The number of hydrogen-bond donors (Lipinski definition) is 0. The highest BCUT2D eigenvalue weighted by atomic mass is 15.1. The van der Waals surface area contributed by atoms with Crippen molar-refractivity contribution in [1.29, 1.82) is 0 Å². The highest BCUT2D eigenvalue weighted by molar-refractivity contribution is 4.84. The second-order valence-corrected chi connectivity index (χ2v) is 5.62. The summed E-state index contributed by atoms with van der Waals surface area (Å²) in [6.45, 7) is 9.20. The first kappa shape index (κ1) is 16.3. The lowest BCUT2D eigenvalue weighted by molar-refractivity contribution is -0.704. The van der Waals surface area contributed by atoms with Crippen LogP contribution in [-0.4, -0.2) is 4.57 Å². The van der Waals surface area contributed by atoms with Gasteiger partial charge >= 0.3 is 0 Å². The van der Waals surface area contributed by atoms with E-state index >= 15 is 0 Å². The van der Waals surface area contributed by atoms with Crippen LogP contribution in [0.5, 0.6) is 0 Å². The van der Waals surface area contributed by atoms with Crippen molar-refractivity contribution in [2.45, 2.75) is 91.6 Å². The Bertz CT molecular complexity index is 328. The van der Waals surface area contributed by atoms with Gasteiger partial charge in [-0.2, -0.15) is 0 Å². The number of rotatable bonds is 11. The Morgan fingerprint density at radius 3 is 2.32 bits per heavy atom. The first-order valence-electron chi connectivity index (χ1n) is 8.40. The van der Waals surface area contributed by atoms with Gasteiger partial charge in [-0.1, -0.05) is 46.5 Å². The molecule has 0 saturated heterocycles. The van der Waals surface area contributed by atoms with Crippen molar-refractivity contribution in [3.8, 4) is 0 Å². The third kappa shape index (κ3) is 5.80. The fourth-order valence-electron chi connectivity index (χ4n) is 2.65. The largest absolute Gasteiger partial charge is 0.256 e. The van der Waals surface area contributed by atoms with Crippen LogP contribution in [0.2, 0.25) is 0 Å². The molecular weight excluding hydrogens is 232 g/mol. The maximum atomic E-state index is 2.50. The fourth-order valence-corrected chi connectivity index (χ4v) is 2.65. The summed E-state index contributed by atoms with van der Waals surface area (Å²) in [5.41, 5.74) is 0. The van der Waals surface area contributed by atoms with E-state index in [1.165, 1.54) is 70.9 Å². The van der Waals surface area contributed by atoms with Gasteiger partial charge in [0.05, 0.1) is 13.1 Å². The summed E-state index contributed by atoms with van der Waals surface area (Å²) in [5.74, 6) is 1.54. The van der Waals surface area contributed by atoms with E-state index in [-0.39, 0.29) is 0 Å². The summed E-state index contributed by atoms with van der Waals surface area (Å²) in [5, 5.41) is 0. The molecule has 2 heteroatoms. The fraction of sp³-hybridized carbons (Fsp3) is 0.824. The third-order valence-corrected chi connectivity index (χ3v) is 3.81. The lowest BCUT2D eigenvalue weighted by Gasteiger charge is -2.04. The molecule has 0 bridgehead atoms. The van der Waals surface area contributed by atoms with Gasteiger partial charge in [-0.05, 0) is 25.7 Å². The summed E-state index contributed by atoms with van der Waals surface area (Å²) in [6, 6.07) is 0. The second kappa shape index (κ2) is 10.1. The molecule has 0 radical (unpaired) electrons. The van der Waals surface area contributed by atoms with Crippen molar-refractivity contribution < 1.29 is 4.57 Å². The van der Waals surface area contributed by atoms with Crippen molar-refractivity contribution in [2.24, 2.45) is 0 Å². The molecule has 1 heterocycles. The Morgan fingerprint density at radius 2 is 1.63 bits per heavy atom. The molecule has 1 aromatic heterocycles. The van der Waals surface area contributed by atoms with E-state index in [0.29, 0.717) is 0 Å². The maximum Gasteiger partial charge on any atom is 0.256 e. The minimum absolute atomic E-state index is 1.17. The summed E-state index contributed by atoms with van der Waals surface area (Å²) < 4.78 is 4.96. The molecule has 0 fully saturated rings. The smallest absolute Gasteiger partial charge is 0.234 e. The van der Waals surface area contributed by atoms with Gasteiger partial charge in [-0.15, -0.1) is 0 Å². The zero-order chi connectivity index (χ0) is 13.9. The van der Waals surface area contributed by atoms with Crippen LogP contribution >= 0.6 is 0 Å². The van der Waals surface area contributed by atoms with Gasteiger partial charge in [0.1, 0.15) is 12.4 Å². The highest BCUT2D eigenvalue weighted by Gasteiger charge is 2.15. The Morgan fingerprint density at radius 1 is 0.895 bits per heavy atom. The number of aromatic nitrogens is 2. The SMILES string of the molecule is CCCCCCC[n+]1ccn(CCC)c1CCCC. The van der Waals surface area contributed by atoms with E-state index in [0.717, 1.165) is 0 Å². The van der Waals surface area contributed by atoms with Crippen molar-refractivity contribution in [2.75, 3.05) is 0 Å². The van der Waals surface area contributed by atoms with E-state index in [2.05, 4.69) is 42.3 Å². The molecule has 0 unspecified atom stereocenters. The first-order valence-corrected chi connectivity index (χ1v) is 8.40. The number of hydrogen-bond acceptors (Lipinski definition) is 0. The molecule has 0 aromatic carbocycles. The lowest BCUT2D eigenvalue weighted by Crippen LogP contribution is -2.37. The minimum atomic E-state index is 1.17. The average molecular weight is 265 g/mol. The van der Waals surface area contributed by atoms with Crippen LogP contribution in [-0.2, 0) is 19.5 Å². The molecule has 0 saturated carbocycles. The van der Waals surface area contributed by atoms with E-state index in [1.54, 1.807) is 5.82 Å². The lowest BCUT2D eigenvalue weighted by atomic mass is 10.1. The summed E-state index contributed by atoms with van der Waals surface area (Å²) in [4.78, 5) is 0. The van der Waals surface area contributed by atoms with Gasteiger partial charge in [0.15, 0.2) is 0 Å². The normalized spacial score (nSPS) is 11.1. The molecule has 0 atom stereocenters. The zero-order valence-corrected chi connectivity index (χ0v) is 13.3. The van der Waals surface area contributed by atoms with Gasteiger partial charge < -0.3 is 0 Å². The summed E-state index contributed by atoms with van der Waals surface area (Å²) in [7, 11) is 0. The molecule has 0 aliphatic rings. The van der Waals surface area contributed by atoms with Crippen molar-refractivity contribution in [3.63, 3.8) is 0 Å². The predicted octanol–water partition coefficient (Wildman–Crippen LogP) is 4.50. The molecule has 0 amide bonds. The van der Waals surface area contributed by atoms with E-state index in [9.17, 15) is 0 Å². The number of nitrogens with zero attached hydrogens (tertiary/aromatic N) is 2. The van der Waals surface area contributed by atoms with E-state index in [4.69, 9.17) is 0 Å². The monoisotopic (exact) mass is 265 g/mol. The molecule has 0 aliphatic carbocycles. The van der Waals surface area contributed by atoms with Crippen molar-refractivity contribution in [1.82, 2.24) is 4.57 Å². The Hall–Kier alpha value is -0.790. The highest BCUT2D eigenvalue weighted by Crippen LogP contribution is 2.06. The van der Waals surface area contributed by atoms with Crippen molar-refractivity contribution in [3.05, 3.63) is 18.2 Å². The number of unbranched alkanes of at least 4 members (excludes halogenated alkanes) is 5. The minimum Gasteiger partial charge on any atom is -0.234 e. The van der Waals surface area contributed by atoms with Crippen LogP contribution in [0.4, 0.5) is 0 Å². The first-order chi connectivity index (χ1) is 9.33. The third-order valence-electron chi connectivity index (χ3n) is 3.81. The standard InChI is InChI=1S/C17H33N2/c1-4-7-9-10-11-14-19-16-15-18(13-6-3)17(19)12-8-5-2/h15-16H,4-14H2,1-3H3/q+1. The quantitative estimate of drug-likeness (QED) is 0.411. The van der Waals surface area contributed by atoms with Gasteiger partial charge in [0.25, 0.3) is 5.82 Å². The van der Waals surface area contributed by atoms with Crippen LogP contribution in [0, 0.1) is 0 Å². The molecule has 1 rings (SSSR count). The van der Waals surface area contributed by atoms with Crippen LogP contribution in [0.15, 0.2) is 12.4 Å². The zero-order valence-electron chi connectivity index (χ0n) is 13.3. The molecule has 0 N–H and O–H groups in total. The topological polar surface area (TPSA) is 8.81 Å². The molecule has 19 heavy (non-hydrogen) atoms. The molecule has 0 aliphatic heterocycles. The van der Waals surface area contributed by atoms with Gasteiger partial charge in [-0.25, -0.2) is 9.13 Å². The Balaban J connectivity index is 2.50. The second-order valence-electron chi connectivity index (χ2n) is 5.62. The number of imidazole rings is 1. The van der Waals surface area contributed by atoms with Gasteiger partial charge in [0.2, 0.25) is 0 Å². The average Bonchev–Trinajstić information content (AvgIpc) is 2.79. The molecule has 110 valence electrons. The van der Waals surface area contributed by atoms with Crippen LogP contribution in [0.25, 0.3) is 0 Å². The summed E-state index contributed by atoms with van der Waals surface area (Å²) >= 11 is 0. The Labute approximate surface area is 119 Å². The maximum absolute atomic E-state index is 2.50. The van der Waals surface area contributed by atoms with Gasteiger partial charge in [-0.3, -0.25) is 0 Å². The van der Waals surface area contributed by atoms with Crippen LogP contribution < -0.4 is 4.57 Å². The molecule has 0 spiro atoms.